The standard InChI is InChI=1S/C16H12BrFN2O4/c17-10-3-6-13(24-8-14(21)22)12(7-10)16(23)20-15(19)9-1-4-11(18)5-2-9/h1-7H,8H2,(H,21,22)(H2,19,20,23)/p+1. The van der Waals surface area contributed by atoms with E-state index in [-0.39, 0.29) is 23.0 Å². The molecule has 0 aliphatic rings. The minimum Gasteiger partial charge on any atom is -0.578 e. The van der Waals surface area contributed by atoms with E-state index >= 15 is 0 Å². The van der Waals surface area contributed by atoms with Gasteiger partial charge < -0.3 is 14.9 Å². The maximum absolute atomic E-state index is 12.9. The van der Waals surface area contributed by atoms with E-state index in [9.17, 15) is 9.18 Å². The summed E-state index contributed by atoms with van der Waals surface area (Å²) < 4.78 is 18.7. The molecule has 0 fully saturated rings. The van der Waals surface area contributed by atoms with Gasteiger partial charge >= 0.3 is 11.9 Å². The summed E-state index contributed by atoms with van der Waals surface area (Å²) in [6.45, 7) is -0.558. The van der Waals surface area contributed by atoms with Gasteiger partial charge in [0.2, 0.25) is 0 Å². The lowest BCUT2D eigenvalue weighted by Gasteiger charge is -2.07. The van der Waals surface area contributed by atoms with Crippen LogP contribution in [0.1, 0.15) is 11.1 Å². The summed E-state index contributed by atoms with van der Waals surface area (Å²) in [6, 6.07) is 9.86. The number of hydrogen-bond donors (Lipinski definition) is 2. The first-order valence-corrected chi connectivity index (χ1v) is 7.45. The van der Waals surface area contributed by atoms with Crippen LogP contribution in [0.3, 0.4) is 0 Å². The maximum atomic E-state index is 12.9. The molecule has 0 aliphatic heterocycles. The van der Waals surface area contributed by atoms with Crippen molar-refractivity contribution < 1.29 is 24.1 Å². The van der Waals surface area contributed by atoms with Gasteiger partial charge in [-0.05, 0) is 42.5 Å². The number of carboxylic acid groups (broad SMARTS) is 1. The van der Waals surface area contributed by atoms with E-state index in [4.69, 9.17) is 20.4 Å². The van der Waals surface area contributed by atoms with Crippen molar-refractivity contribution in [3.63, 3.8) is 0 Å². The average Bonchev–Trinajstić information content (AvgIpc) is 2.54. The van der Waals surface area contributed by atoms with Crippen molar-refractivity contribution >= 4 is 33.6 Å². The monoisotopic (exact) mass is 395 g/mol. The quantitative estimate of drug-likeness (QED) is 0.461. The second-order valence-corrected chi connectivity index (χ2v) is 5.55. The lowest BCUT2D eigenvalue weighted by atomic mass is 10.2. The summed E-state index contributed by atoms with van der Waals surface area (Å²) in [5, 5.41) is 24.6. The van der Waals surface area contributed by atoms with E-state index in [1.807, 2.05) is 0 Å². The van der Waals surface area contributed by atoms with Crippen molar-refractivity contribution in [2.75, 3.05) is 6.61 Å². The summed E-state index contributed by atoms with van der Waals surface area (Å²) in [7, 11) is 0. The Labute approximate surface area is 144 Å². The molecule has 0 radical (unpaired) electrons. The molecule has 0 spiro atoms. The molecule has 0 saturated heterocycles. The van der Waals surface area contributed by atoms with Crippen molar-refractivity contribution in [2.45, 2.75) is 0 Å². The Balaban J connectivity index is 2.31. The first-order valence-electron chi connectivity index (χ1n) is 6.66. The van der Waals surface area contributed by atoms with E-state index in [2.05, 4.69) is 20.9 Å². The first-order chi connectivity index (χ1) is 11.4. The van der Waals surface area contributed by atoms with E-state index < -0.39 is 18.4 Å². The topological polar surface area (TPSA) is 106 Å². The molecular weight excluding hydrogens is 383 g/mol. The number of carbonyl (C=O) groups is 1. The van der Waals surface area contributed by atoms with Gasteiger partial charge in [-0.2, -0.15) is 0 Å². The molecule has 0 unspecified atom stereocenters. The number of nitrogens with zero attached hydrogens (tertiary/aromatic N) is 1. The molecule has 0 aliphatic carbocycles. The molecule has 6 nitrogen and oxygen atoms in total. The zero-order chi connectivity index (χ0) is 17.7. The van der Waals surface area contributed by atoms with E-state index in [0.29, 0.717) is 10.0 Å². The van der Waals surface area contributed by atoms with Crippen LogP contribution in [0.2, 0.25) is 0 Å². The van der Waals surface area contributed by atoms with Gasteiger partial charge in [0.1, 0.15) is 17.1 Å². The highest BCUT2D eigenvalue weighted by Gasteiger charge is 2.17. The highest BCUT2D eigenvalue weighted by atomic mass is 79.9. The number of aliphatic imine (C=N–C) groups is 1. The zero-order valence-corrected chi connectivity index (χ0v) is 13.8. The molecule has 0 bridgehead atoms. The van der Waals surface area contributed by atoms with Crippen LogP contribution in [0.15, 0.2) is 51.9 Å². The second kappa shape index (κ2) is 7.69. The van der Waals surface area contributed by atoms with Crippen LogP contribution in [-0.2, 0) is 4.79 Å². The van der Waals surface area contributed by atoms with Gasteiger partial charge in [0.15, 0.2) is 12.4 Å². The summed E-state index contributed by atoms with van der Waals surface area (Å²) in [5.74, 6) is -1.90. The fourth-order valence-corrected chi connectivity index (χ4v) is 2.16. The fourth-order valence-electron chi connectivity index (χ4n) is 1.80. The lowest BCUT2D eigenvalue weighted by Crippen LogP contribution is -2.13. The summed E-state index contributed by atoms with van der Waals surface area (Å²) in [4.78, 5) is 14.5. The second-order valence-electron chi connectivity index (χ2n) is 4.64. The largest absolute Gasteiger partial charge is 0.578 e. The van der Waals surface area contributed by atoms with E-state index in [1.54, 1.807) is 12.1 Å². The number of aliphatic carboxylic acids is 1. The summed E-state index contributed by atoms with van der Waals surface area (Å²) >= 11 is 3.26. The Bertz CT molecular complexity index is 806. The van der Waals surface area contributed by atoms with Crippen LogP contribution < -0.4 is 4.74 Å². The molecule has 2 rings (SSSR count). The molecule has 2 aromatic rings. The fraction of sp³-hybridized carbons (Fsp3) is 0.0625. The van der Waals surface area contributed by atoms with E-state index in [1.165, 1.54) is 30.3 Å². The molecule has 0 atom stereocenters. The molecule has 0 aromatic heterocycles. The van der Waals surface area contributed by atoms with Gasteiger partial charge in [-0.3, -0.25) is 5.41 Å². The van der Waals surface area contributed by atoms with Crippen molar-refractivity contribution in [3.05, 3.63) is 63.9 Å². The minimum absolute atomic E-state index is 0.168. The third-order valence-corrected chi connectivity index (χ3v) is 3.38. The maximum Gasteiger partial charge on any atom is 0.370 e. The van der Waals surface area contributed by atoms with Gasteiger partial charge in [0, 0.05) is 10.0 Å². The van der Waals surface area contributed by atoms with Crippen LogP contribution in [-0.4, -0.2) is 34.5 Å². The summed E-state index contributed by atoms with van der Waals surface area (Å²) in [5.41, 5.74) is 0.585. The number of halogens is 2. The van der Waals surface area contributed by atoms with Crippen molar-refractivity contribution in [2.24, 2.45) is 4.99 Å². The molecule has 2 aromatic carbocycles. The van der Waals surface area contributed by atoms with Crippen LogP contribution in [0.25, 0.3) is 0 Å². The number of rotatable bonds is 5. The Hall–Kier alpha value is -2.74. The first kappa shape index (κ1) is 17.6. The van der Waals surface area contributed by atoms with Gasteiger partial charge in [0.05, 0.1) is 0 Å². The predicted octanol–water partition coefficient (Wildman–Crippen LogP) is 2.55. The van der Waals surface area contributed by atoms with Gasteiger partial charge in [-0.1, -0.05) is 15.9 Å². The van der Waals surface area contributed by atoms with Crippen LogP contribution >= 0.6 is 15.9 Å². The normalized spacial score (nSPS) is 11.2. The number of ether oxygens (including phenoxy) is 1. The third-order valence-electron chi connectivity index (χ3n) is 2.89. The Kier molecular flexibility index (Phi) is 5.64. The molecule has 0 amide bonds. The molecule has 0 saturated carbocycles. The Morgan fingerprint density at radius 2 is 1.96 bits per heavy atom. The molecule has 124 valence electrons. The van der Waals surface area contributed by atoms with Crippen molar-refractivity contribution in [1.29, 1.82) is 5.41 Å². The van der Waals surface area contributed by atoms with Crippen LogP contribution in [0.4, 0.5) is 4.39 Å². The average molecular weight is 396 g/mol. The summed E-state index contributed by atoms with van der Waals surface area (Å²) in [6.07, 6.45) is 0. The lowest BCUT2D eigenvalue weighted by molar-refractivity contribution is -0.139. The number of benzene rings is 2. The van der Waals surface area contributed by atoms with Crippen LogP contribution in [0, 0.1) is 11.2 Å². The van der Waals surface area contributed by atoms with Crippen LogP contribution in [0.5, 0.6) is 5.75 Å². The molecular formula is C16H13BrFN2O4+. The Morgan fingerprint density at radius 1 is 1.29 bits per heavy atom. The van der Waals surface area contributed by atoms with E-state index in [0.717, 1.165) is 0 Å². The van der Waals surface area contributed by atoms with Gasteiger partial charge in [-0.15, -0.1) is 4.99 Å². The highest BCUT2D eigenvalue weighted by Crippen LogP contribution is 2.24. The zero-order valence-electron chi connectivity index (χ0n) is 12.2. The third kappa shape index (κ3) is 4.63. The molecule has 0 heterocycles. The highest BCUT2D eigenvalue weighted by molar-refractivity contribution is 9.10. The van der Waals surface area contributed by atoms with Crippen molar-refractivity contribution in [3.8, 4) is 5.75 Å². The number of hydrogen-bond acceptors (Lipinski definition) is 3. The number of amidine groups is 1. The van der Waals surface area contributed by atoms with Gasteiger partial charge in [-0.25, -0.2) is 9.18 Å². The SMILES string of the molecule is N=C(N=C([OH2+])c1cc(Br)ccc1OCC(=O)O)c1ccc(F)cc1. The molecule has 24 heavy (non-hydrogen) atoms. The number of carboxylic acids is 1. The predicted molar refractivity (Wildman–Crippen MR) is 90.7 cm³/mol. The number of nitrogens with one attached hydrogen (secondary N) is 1. The van der Waals surface area contributed by atoms with Crippen molar-refractivity contribution in [1.82, 2.24) is 0 Å². The minimum atomic E-state index is -1.15. The smallest absolute Gasteiger partial charge is 0.370 e. The van der Waals surface area contributed by atoms with Gasteiger partial charge in [0.25, 0.3) is 0 Å². The molecule has 8 heteroatoms. The molecule has 4 N–H and O–H groups in total. The Morgan fingerprint density at radius 3 is 2.58 bits per heavy atom.